The third-order valence-electron chi connectivity index (χ3n) is 3.51. The van der Waals surface area contributed by atoms with Gasteiger partial charge in [-0.3, -0.25) is 0 Å². The third kappa shape index (κ3) is 4.19. The fourth-order valence-corrected chi connectivity index (χ4v) is 2.27. The van der Waals surface area contributed by atoms with Crippen LogP contribution in [0.5, 0.6) is 0 Å². The van der Waals surface area contributed by atoms with Crippen molar-refractivity contribution < 1.29 is 9.18 Å². The molecule has 0 fully saturated rings. The van der Waals surface area contributed by atoms with Gasteiger partial charge in [0.15, 0.2) is 0 Å². The van der Waals surface area contributed by atoms with Crippen molar-refractivity contribution in [1.29, 1.82) is 0 Å². The van der Waals surface area contributed by atoms with Gasteiger partial charge in [-0.2, -0.15) is 5.10 Å². The molecule has 3 rings (SSSR count). The first-order valence-corrected chi connectivity index (χ1v) is 7.60. The van der Waals surface area contributed by atoms with E-state index in [1.165, 1.54) is 24.3 Å². The fraction of sp³-hybridized carbons (Fsp3) is 0.111. The van der Waals surface area contributed by atoms with E-state index in [1.807, 2.05) is 36.5 Å². The van der Waals surface area contributed by atoms with Crippen molar-refractivity contribution in [2.45, 2.75) is 6.42 Å². The molecule has 2 amide bonds. The van der Waals surface area contributed by atoms with E-state index >= 15 is 0 Å². The molecule has 0 aliphatic heterocycles. The minimum atomic E-state index is -0.334. The lowest BCUT2D eigenvalue weighted by atomic mass is 10.1. The normalized spacial score (nSPS) is 10.4. The summed E-state index contributed by atoms with van der Waals surface area (Å²) in [4.78, 5) is 11.8. The first-order valence-electron chi connectivity index (χ1n) is 7.60. The van der Waals surface area contributed by atoms with Crippen LogP contribution < -0.4 is 10.6 Å². The van der Waals surface area contributed by atoms with Crippen LogP contribution in [0, 0.1) is 5.82 Å². The highest BCUT2D eigenvalue weighted by Crippen LogP contribution is 2.09. The van der Waals surface area contributed by atoms with Gasteiger partial charge >= 0.3 is 6.03 Å². The smallest absolute Gasteiger partial charge is 0.319 e. The molecule has 0 radical (unpaired) electrons. The van der Waals surface area contributed by atoms with E-state index in [0.29, 0.717) is 12.2 Å². The maximum atomic E-state index is 12.8. The number of halogens is 1. The van der Waals surface area contributed by atoms with Crippen molar-refractivity contribution in [1.82, 2.24) is 15.1 Å². The number of carbonyl (C=O) groups excluding carboxylic acids is 1. The predicted molar refractivity (Wildman–Crippen MR) is 90.7 cm³/mol. The summed E-state index contributed by atoms with van der Waals surface area (Å²) in [6.45, 7) is 0.508. The van der Waals surface area contributed by atoms with Crippen LogP contribution in [-0.4, -0.2) is 22.4 Å². The molecule has 0 saturated carbocycles. The van der Waals surface area contributed by atoms with E-state index in [9.17, 15) is 9.18 Å². The number of benzene rings is 2. The minimum absolute atomic E-state index is 0.310. The summed E-state index contributed by atoms with van der Waals surface area (Å²) < 4.78 is 14.6. The molecule has 5 nitrogen and oxygen atoms in total. The third-order valence-corrected chi connectivity index (χ3v) is 3.51. The summed E-state index contributed by atoms with van der Waals surface area (Å²) in [5, 5.41) is 9.60. The first kappa shape index (κ1) is 15.7. The molecule has 0 aliphatic carbocycles. The molecular formula is C18H17FN4O. The Bertz CT molecular complexity index is 783. The average Bonchev–Trinajstić information content (AvgIpc) is 3.12. The van der Waals surface area contributed by atoms with Gasteiger partial charge in [-0.1, -0.05) is 12.1 Å². The highest BCUT2D eigenvalue weighted by molar-refractivity contribution is 5.89. The summed E-state index contributed by atoms with van der Waals surface area (Å²) in [5.41, 5.74) is 2.66. The lowest BCUT2D eigenvalue weighted by Gasteiger charge is -2.08. The van der Waals surface area contributed by atoms with Gasteiger partial charge in [-0.25, -0.2) is 13.9 Å². The second kappa shape index (κ2) is 7.41. The quantitative estimate of drug-likeness (QED) is 0.756. The number of aromatic nitrogens is 2. The number of nitrogens with one attached hydrogen (secondary N) is 2. The number of urea groups is 1. The lowest BCUT2D eigenvalue weighted by molar-refractivity contribution is 0.252. The van der Waals surface area contributed by atoms with E-state index < -0.39 is 0 Å². The average molecular weight is 324 g/mol. The van der Waals surface area contributed by atoms with Crippen LogP contribution >= 0.6 is 0 Å². The molecule has 24 heavy (non-hydrogen) atoms. The monoisotopic (exact) mass is 324 g/mol. The number of hydrogen-bond acceptors (Lipinski definition) is 2. The predicted octanol–water partition coefficient (Wildman–Crippen LogP) is 3.38. The zero-order valence-electron chi connectivity index (χ0n) is 12.9. The minimum Gasteiger partial charge on any atom is -0.338 e. The van der Waals surface area contributed by atoms with Crippen molar-refractivity contribution in [3.8, 4) is 5.69 Å². The molecule has 0 unspecified atom stereocenters. The van der Waals surface area contributed by atoms with Crippen LogP contribution in [0.25, 0.3) is 5.69 Å². The Morgan fingerprint density at radius 2 is 1.83 bits per heavy atom. The molecule has 0 spiro atoms. The molecule has 0 aliphatic rings. The molecule has 1 aromatic heterocycles. The Labute approximate surface area is 139 Å². The first-order chi connectivity index (χ1) is 11.7. The highest BCUT2D eigenvalue weighted by Gasteiger charge is 2.02. The molecule has 0 atom stereocenters. The van der Waals surface area contributed by atoms with Crippen LogP contribution in [0.2, 0.25) is 0 Å². The number of carbonyl (C=O) groups is 1. The van der Waals surface area contributed by atoms with E-state index in [4.69, 9.17) is 0 Å². The Balaban J connectivity index is 1.46. The highest BCUT2D eigenvalue weighted by atomic mass is 19.1. The molecule has 0 bridgehead atoms. The maximum absolute atomic E-state index is 12.8. The van der Waals surface area contributed by atoms with Crippen molar-refractivity contribution in [2.24, 2.45) is 0 Å². The van der Waals surface area contributed by atoms with Crippen molar-refractivity contribution in [3.05, 3.63) is 78.4 Å². The van der Waals surface area contributed by atoms with Crippen LogP contribution in [0.15, 0.2) is 67.0 Å². The maximum Gasteiger partial charge on any atom is 0.319 e. The molecule has 2 aromatic carbocycles. The molecule has 1 heterocycles. The molecule has 0 saturated heterocycles. The number of anilines is 1. The number of nitrogens with zero attached hydrogens (tertiary/aromatic N) is 2. The van der Waals surface area contributed by atoms with Gasteiger partial charge in [-0.15, -0.1) is 0 Å². The summed E-state index contributed by atoms with van der Waals surface area (Å²) in [6, 6.07) is 15.2. The van der Waals surface area contributed by atoms with Gasteiger partial charge in [0, 0.05) is 24.6 Å². The van der Waals surface area contributed by atoms with E-state index in [2.05, 4.69) is 15.7 Å². The van der Waals surface area contributed by atoms with Gasteiger partial charge in [0.05, 0.1) is 5.69 Å². The standard InChI is InChI=1S/C18H17FN4O/c19-15-4-6-16(7-5-15)22-18(24)20-12-10-14-2-8-17(9-3-14)23-13-1-11-21-23/h1-9,11,13H,10,12H2,(H2,20,22,24). The number of hydrogen-bond donors (Lipinski definition) is 2. The Morgan fingerprint density at radius 3 is 2.50 bits per heavy atom. The largest absolute Gasteiger partial charge is 0.338 e. The topological polar surface area (TPSA) is 59.0 Å². The molecule has 122 valence electrons. The fourth-order valence-electron chi connectivity index (χ4n) is 2.27. The SMILES string of the molecule is O=C(NCCc1ccc(-n2cccn2)cc1)Nc1ccc(F)cc1. The van der Waals surface area contributed by atoms with Gasteiger partial charge in [0.25, 0.3) is 0 Å². The van der Waals surface area contributed by atoms with E-state index in [-0.39, 0.29) is 11.8 Å². The zero-order valence-corrected chi connectivity index (χ0v) is 12.9. The van der Waals surface area contributed by atoms with E-state index in [1.54, 1.807) is 10.9 Å². The van der Waals surface area contributed by atoms with Crippen LogP contribution in [-0.2, 0) is 6.42 Å². The van der Waals surface area contributed by atoms with Crippen LogP contribution in [0.4, 0.5) is 14.9 Å². The van der Waals surface area contributed by atoms with Crippen LogP contribution in [0.3, 0.4) is 0 Å². The van der Waals surface area contributed by atoms with Crippen molar-refractivity contribution in [3.63, 3.8) is 0 Å². The Morgan fingerprint density at radius 1 is 1.08 bits per heavy atom. The Hall–Kier alpha value is -3.15. The van der Waals surface area contributed by atoms with Gasteiger partial charge in [0.1, 0.15) is 5.82 Å². The lowest BCUT2D eigenvalue weighted by Crippen LogP contribution is -2.30. The zero-order chi connectivity index (χ0) is 16.8. The second-order valence-electron chi connectivity index (χ2n) is 5.25. The summed E-state index contributed by atoms with van der Waals surface area (Å²) >= 11 is 0. The Kier molecular flexibility index (Phi) is 4.86. The number of amides is 2. The van der Waals surface area contributed by atoms with Crippen molar-refractivity contribution in [2.75, 3.05) is 11.9 Å². The van der Waals surface area contributed by atoms with Crippen LogP contribution in [0.1, 0.15) is 5.56 Å². The van der Waals surface area contributed by atoms with Gasteiger partial charge in [-0.05, 0) is 54.4 Å². The molecule has 3 aromatic rings. The van der Waals surface area contributed by atoms with E-state index in [0.717, 1.165) is 17.7 Å². The van der Waals surface area contributed by atoms with Crippen molar-refractivity contribution >= 4 is 11.7 Å². The second-order valence-corrected chi connectivity index (χ2v) is 5.25. The van der Waals surface area contributed by atoms with Gasteiger partial charge in [0.2, 0.25) is 0 Å². The van der Waals surface area contributed by atoms with Gasteiger partial charge < -0.3 is 10.6 Å². The number of rotatable bonds is 5. The summed E-state index contributed by atoms with van der Waals surface area (Å²) in [7, 11) is 0. The summed E-state index contributed by atoms with van der Waals surface area (Å²) in [5.74, 6) is -0.334. The summed E-state index contributed by atoms with van der Waals surface area (Å²) in [6.07, 6.45) is 4.34. The molecule has 6 heteroatoms. The molecular weight excluding hydrogens is 307 g/mol. The molecule has 2 N–H and O–H groups in total.